The first-order valence-electron chi connectivity index (χ1n) is 11.2. The monoisotopic (exact) mass is 445 g/mol. The predicted molar refractivity (Wildman–Crippen MR) is 134 cm³/mol. The van der Waals surface area contributed by atoms with E-state index in [9.17, 15) is 4.79 Å². The number of hydrogen-bond acceptors (Lipinski definition) is 6. The van der Waals surface area contributed by atoms with Gasteiger partial charge in [-0.2, -0.15) is 0 Å². The van der Waals surface area contributed by atoms with Gasteiger partial charge in [-0.1, -0.05) is 26.8 Å². The molecule has 3 rings (SSSR count). The molecule has 7 heteroatoms. The third-order valence-corrected chi connectivity index (χ3v) is 5.62. The number of nitrogens with one attached hydrogen (secondary N) is 2. The summed E-state index contributed by atoms with van der Waals surface area (Å²) >= 11 is 0. The van der Waals surface area contributed by atoms with Gasteiger partial charge in [-0.3, -0.25) is 4.79 Å². The van der Waals surface area contributed by atoms with Gasteiger partial charge in [-0.05, 0) is 49.1 Å². The number of carbonyl (C=O) groups is 1. The highest BCUT2D eigenvalue weighted by atomic mass is 16.5. The van der Waals surface area contributed by atoms with Crippen molar-refractivity contribution >= 4 is 23.6 Å². The lowest BCUT2D eigenvalue weighted by atomic mass is 9.99. The fraction of sp³-hybridized carbons (Fsp3) is 0.269. The Balaban J connectivity index is 1.90. The van der Waals surface area contributed by atoms with E-state index in [2.05, 4.69) is 24.1 Å². The van der Waals surface area contributed by atoms with Gasteiger partial charge in [0.2, 0.25) is 0 Å². The first-order valence-corrected chi connectivity index (χ1v) is 11.2. The number of nitrogen functional groups attached to an aromatic ring is 2. The number of nitrogens with two attached hydrogens (primary N) is 2. The fourth-order valence-corrected chi connectivity index (χ4v) is 3.64. The van der Waals surface area contributed by atoms with Gasteiger partial charge < -0.3 is 26.9 Å². The molecule has 0 aliphatic heterocycles. The molecule has 0 saturated heterocycles. The van der Waals surface area contributed by atoms with E-state index < -0.39 is 0 Å². The zero-order valence-corrected chi connectivity index (χ0v) is 19.3. The van der Waals surface area contributed by atoms with Gasteiger partial charge in [0.15, 0.2) is 0 Å². The quantitative estimate of drug-likeness (QED) is 0.266. The zero-order valence-electron chi connectivity index (χ0n) is 19.3. The second-order valence-corrected chi connectivity index (χ2v) is 7.86. The number of hydrogen-bond donors (Lipinski definition) is 4. The topological polar surface area (TPSA) is 127 Å². The van der Waals surface area contributed by atoms with Gasteiger partial charge in [0.25, 0.3) is 5.91 Å². The van der Waals surface area contributed by atoms with Crippen LogP contribution in [0.2, 0.25) is 0 Å². The maximum absolute atomic E-state index is 12.8. The number of benzene rings is 2. The van der Waals surface area contributed by atoms with Crippen LogP contribution < -0.4 is 21.5 Å². The average Bonchev–Trinajstić information content (AvgIpc) is 2.81. The molecule has 1 amide bonds. The van der Waals surface area contributed by atoms with E-state index in [1.807, 2.05) is 25.1 Å². The van der Waals surface area contributed by atoms with Crippen LogP contribution in [0.3, 0.4) is 0 Å². The number of amides is 1. The van der Waals surface area contributed by atoms with E-state index in [4.69, 9.17) is 21.6 Å². The molecule has 172 valence electrons. The van der Waals surface area contributed by atoms with Crippen LogP contribution in [0.25, 0.3) is 11.3 Å². The largest absolute Gasteiger partial charge is 0.457 e. The molecule has 7 nitrogen and oxygen atoms in total. The summed E-state index contributed by atoms with van der Waals surface area (Å²) in [5.41, 5.74) is 16.2. The molecule has 6 N–H and O–H groups in total. The molecule has 0 spiro atoms. The Labute approximate surface area is 194 Å². The second-order valence-electron chi connectivity index (χ2n) is 7.86. The molecule has 0 aliphatic rings. The molecule has 1 heterocycles. The Morgan fingerprint density at radius 2 is 1.82 bits per heavy atom. The van der Waals surface area contributed by atoms with Crippen LogP contribution in [0.15, 0.2) is 48.5 Å². The predicted octanol–water partition coefficient (Wildman–Crippen LogP) is 5.18. The standard InChI is InChI=1S/C26H31N5O2/c1-4-16-11-17(8-10-22(16)26(32)30-19(5-2)6-3)24-13-21(14-25(29)31-24)33-20-9-7-18(15-27)23(28)12-20/h7-15,19,27H,4-6,28H2,1-3H3,(H2,29,31)(H,30,32). The van der Waals surface area contributed by atoms with Crippen LogP contribution in [0.4, 0.5) is 11.5 Å². The van der Waals surface area contributed by atoms with E-state index in [1.165, 1.54) is 6.21 Å². The minimum atomic E-state index is -0.0531. The molecule has 0 atom stereocenters. The number of ether oxygens (including phenoxy) is 1. The summed E-state index contributed by atoms with van der Waals surface area (Å²) in [6.07, 6.45) is 3.70. The molecule has 0 bridgehead atoms. The zero-order chi connectivity index (χ0) is 24.0. The molecule has 2 aromatic carbocycles. The molecule has 0 aliphatic carbocycles. The van der Waals surface area contributed by atoms with Gasteiger partial charge in [0, 0.05) is 52.8 Å². The summed E-state index contributed by atoms with van der Waals surface area (Å²) in [4.78, 5) is 17.3. The number of aromatic nitrogens is 1. The fourth-order valence-electron chi connectivity index (χ4n) is 3.64. The highest BCUT2D eigenvalue weighted by Gasteiger charge is 2.15. The first kappa shape index (κ1) is 23.8. The minimum Gasteiger partial charge on any atom is -0.457 e. The van der Waals surface area contributed by atoms with Crippen LogP contribution in [0.5, 0.6) is 11.5 Å². The van der Waals surface area contributed by atoms with Crippen molar-refractivity contribution in [3.63, 3.8) is 0 Å². The van der Waals surface area contributed by atoms with Crippen molar-refractivity contribution < 1.29 is 9.53 Å². The normalized spacial score (nSPS) is 10.8. The smallest absolute Gasteiger partial charge is 0.251 e. The Bertz CT molecular complexity index is 1160. The van der Waals surface area contributed by atoms with Crippen molar-refractivity contribution in [3.05, 3.63) is 65.2 Å². The van der Waals surface area contributed by atoms with Crippen LogP contribution in [0, 0.1) is 5.41 Å². The SMILES string of the molecule is CCc1cc(-c2cc(Oc3ccc(C=N)c(N)c3)cc(N)n2)ccc1C(=O)NC(CC)CC. The summed E-state index contributed by atoms with van der Waals surface area (Å²) in [7, 11) is 0. The number of aryl methyl sites for hydroxylation is 1. The maximum Gasteiger partial charge on any atom is 0.251 e. The molecular weight excluding hydrogens is 414 g/mol. The summed E-state index contributed by atoms with van der Waals surface area (Å²) in [5, 5.41) is 10.5. The van der Waals surface area contributed by atoms with Crippen molar-refractivity contribution in [3.8, 4) is 22.8 Å². The van der Waals surface area contributed by atoms with E-state index in [1.54, 1.807) is 30.3 Å². The number of anilines is 2. The van der Waals surface area contributed by atoms with E-state index >= 15 is 0 Å². The van der Waals surface area contributed by atoms with E-state index in [-0.39, 0.29) is 11.9 Å². The van der Waals surface area contributed by atoms with Crippen molar-refractivity contribution in [1.82, 2.24) is 10.3 Å². The van der Waals surface area contributed by atoms with E-state index in [0.29, 0.717) is 46.2 Å². The maximum atomic E-state index is 12.8. The Morgan fingerprint density at radius 1 is 1.06 bits per heavy atom. The first-order chi connectivity index (χ1) is 15.9. The Hall–Kier alpha value is -3.87. The molecule has 0 unspecified atom stereocenters. The number of rotatable bonds is 9. The number of carbonyl (C=O) groups excluding carboxylic acids is 1. The lowest BCUT2D eigenvalue weighted by Crippen LogP contribution is -2.34. The van der Waals surface area contributed by atoms with E-state index in [0.717, 1.165) is 24.0 Å². The Morgan fingerprint density at radius 3 is 2.45 bits per heavy atom. The second kappa shape index (κ2) is 10.6. The lowest BCUT2D eigenvalue weighted by Gasteiger charge is -2.17. The summed E-state index contributed by atoms with van der Waals surface area (Å²) in [5.74, 6) is 1.33. The van der Waals surface area contributed by atoms with Gasteiger partial charge in [0.05, 0.1) is 5.69 Å². The van der Waals surface area contributed by atoms with Crippen LogP contribution in [-0.2, 0) is 6.42 Å². The van der Waals surface area contributed by atoms with Gasteiger partial charge in [-0.25, -0.2) is 4.98 Å². The van der Waals surface area contributed by atoms with Crippen molar-refractivity contribution in [2.24, 2.45) is 0 Å². The molecule has 3 aromatic rings. The van der Waals surface area contributed by atoms with Crippen molar-refractivity contribution in [2.45, 2.75) is 46.1 Å². The van der Waals surface area contributed by atoms with Crippen LogP contribution >= 0.6 is 0 Å². The number of pyridine rings is 1. The van der Waals surface area contributed by atoms with Gasteiger partial charge >= 0.3 is 0 Å². The molecule has 0 saturated carbocycles. The summed E-state index contributed by atoms with van der Waals surface area (Å²) < 4.78 is 5.95. The minimum absolute atomic E-state index is 0.0531. The van der Waals surface area contributed by atoms with Gasteiger partial charge in [-0.15, -0.1) is 0 Å². The number of nitrogens with zero attached hydrogens (tertiary/aromatic N) is 1. The molecule has 1 aromatic heterocycles. The van der Waals surface area contributed by atoms with Crippen molar-refractivity contribution in [2.75, 3.05) is 11.5 Å². The third kappa shape index (κ3) is 5.68. The highest BCUT2D eigenvalue weighted by Crippen LogP contribution is 2.30. The molecule has 0 radical (unpaired) electrons. The third-order valence-electron chi connectivity index (χ3n) is 5.62. The highest BCUT2D eigenvalue weighted by molar-refractivity contribution is 5.96. The summed E-state index contributed by atoms with van der Waals surface area (Å²) in [6, 6.07) is 14.4. The van der Waals surface area contributed by atoms with Crippen LogP contribution in [0.1, 0.15) is 55.1 Å². The average molecular weight is 446 g/mol. The van der Waals surface area contributed by atoms with Crippen molar-refractivity contribution in [1.29, 1.82) is 5.41 Å². The summed E-state index contributed by atoms with van der Waals surface area (Å²) in [6.45, 7) is 6.16. The van der Waals surface area contributed by atoms with Gasteiger partial charge in [0.1, 0.15) is 17.3 Å². The molecule has 33 heavy (non-hydrogen) atoms. The Kier molecular flexibility index (Phi) is 7.66. The lowest BCUT2D eigenvalue weighted by molar-refractivity contribution is 0.0934. The molecule has 0 fully saturated rings. The van der Waals surface area contributed by atoms with Crippen LogP contribution in [-0.4, -0.2) is 23.1 Å². The molecular formula is C26H31N5O2.